The monoisotopic (exact) mass is 256 g/mol. The summed E-state index contributed by atoms with van der Waals surface area (Å²) in [5.41, 5.74) is 0. The van der Waals surface area contributed by atoms with Crippen molar-refractivity contribution in [2.75, 3.05) is 6.61 Å². The van der Waals surface area contributed by atoms with E-state index in [1.54, 1.807) is 0 Å². The van der Waals surface area contributed by atoms with Crippen LogP contribution in [0.2, 0.25) is 0 Å². The molecule has 0 spiro atoms. The molecule has 0 N–H and O–H groups in total. The highest BCUT2D eigenvalue weighted by atomic mass is 16.5. The van der Waals surface area contributed by atoms with Crippen molar-refractivity contribution in [3.63, 3.8) is 0 Å². The third-order valence-corrected chi connectivity index (χ3v) is 3.45. The molecular weight excluding hydrogens is 224 g/mol. The predicted octanol–water partition coefficient (Wildman–Crippen LogP) is 5.11. The Balaban J connectivity index is 3.73. The van der Waals surface area contributed by atoms with Crippen molar-refractivity contribution in [3.05, 3.63) is 0 Å². The molecule has 0 amide bonds. The Kier molecular flexibility index (Phi) is 12.5. The summed E-state index contributed by atoms with van der Waals surface area (Å²) in [6.45, 7) is 6.61. The summed E-state index contributed by atoms with van der Waals surface area (Å²) in [7, 11) is 0. The highest BCUT2D eigenvalue weighted by Gasteiger charge is 2.10. The number of carbonyl (C=O) groups excluding carboxylic acids is 1. The van der Waals surface area contributed by atoms with Crippen LogP contribution < -0.4 is 0 Å². The van der Waals surface area contributed by atoms with E-state index in [1.165, 1.54) is 71.1 Å². The first-order chi connectivity index (χ1) is 8.70. The van der Waals surface area contributed by atoms with Gasteiger partial charge in [0.15, 0.2) is 0 Å². The van der Waals surface area contributed by atoms with Crippen LogP contribution in [0.1, 0.15) is 85.0 Å². The van der Waals surface area contributed by atoms with Crippen LogP contribution in [0.15, 0.2) is 0 Å². The van der Waals surface area contributed by atoms with E-state index < -0.39 is 0 Å². The number of rotatable bonds is 12. The molecule has 0 rings (SSSR count). The van der Waals surface area contributed by atoms with Crippen LogP contribution in [-0.4, -0.2) is 12.6 Å². The Hall–Kier alpha value is -0.530. The van der Waals surface area contributed by atoms with Crippen molar-refractivity contribution in [2.45, 2.75) is 85.0 Å². The molecule has 2 heteroatoms. The third-order valence-electron chi connectivity index (χ3n) is 3.45. The zero-order valence-electron chi connectivity index (χ0n) is 12.7. The first kappa shape index (κ1) is 17.5. The molecule has 18 heavy (non-hydrogen) atoms. The maximum absolute atomic E-state index is 10.9. The van der Waals surface area contributed by atoms with Gasteiger partial charge in [0.1, 0.15) is 0 Å². The minimum Gasteiger partial charge on any atom is -0.466 e. The van der Waals surface area contributed by atoms with Gasteiger partial charge in [-0.05, 0) is 18.8 Å². The molecule has 0 aromatic carbocycles. The van der Waals surface area contributed by atoms with Gasteiger partial charge in [-0.1, -0.05) is 65.2 Å². The Labute approximate surface area is 113 Å². The first-order valence-electron chi connectivity index (χ1n) is 7.84. The summed E-state index contributed by atoms with van der Waals surface area (Å²) in [6.07, 6.45) is 12.9. The van der Waals surface area contributed by atoms with E-state index in [2.05, 4.69) is 13.8 Å². The van der Waals surface area contributed by atoms with Crippen molar-refractivity contribution in [2.24, 2.45) is 5.92 Å². The smallest absolute Gasteiger partial charge is 0.302 e. The molecular formula is C16H32O2. The Morgan fingerprint density at radius 2 is 1.39 bits per heavy atom. The van der Waals surface area contributed by atoms with E-state index in [4.69, 9.17) is 4.74 Å². The molecule has 0 bridgehead atoms. The van der Waals surface area contributed by atoms with Crippen molar-refractivity contribution in [1.82, 2.24) is 0 Å². The van der Waals surface area contributed by atoms with Gasteiger partial charge in [-0.3, -0.25) is 4.79 Å². The van der Waals surface area contributed by atoms with Crippen LogP contribution in [0.5, 0.6) is 0 Å². The van der Waals surface area contributed by atoms with Crippen LogP contribution in [0.4, 0.5) is 0 Å². The lowest BCUT2D eigenvalue weighted by Gasteiger charge is -2.16. The summed E-state index contributed by atoms with van der Waals surface area (Å²) in [5.74, 6) is 0.449. The molecule has 0 heterocycles. The van der Waals surface area contributed by atoms with Crippen LogP contribution in [0.25, 0.3) is 0 Å². The van der Waals surface area contributed by atoms with Gasteiger partial charge in [0.2, 0.25) is 0 Å². The maximum atomic E-state index is 10.9. The molecule has 0 aromatic rings. The Morgan fingerprint density at radius 1 is 0.889 bits per heavy atom. The third kappa shape index (κ3) is 11.9. The zero-order chi connectivity index (χ0) is 13.6. The molecule has 0 unspecified atom stereocenters. The van der Waals surface area contributed by atoms with E-state index in [9.17, 15) is 4.79 Å². The minimum absolute atomic E-state index is 0.137. The fraction of sp³-hybridized carbons (Fsp3) is 0.938. The van der Waals surface area contributed by atoms with E-state index in [-0.39, 0.29) is 5.97 Å². The van der Waals surface area contributed by atoms with Gasteiger partial charge in [-0.25, -0.2) is 0 Å². The summed E-state index contributed by atoms with van der Waals surface area (Å²) in [5, 5.41) is 0. The molecule has 0 atom stereocenters. The largest absolute Gasteiger partial charge is 0.466 e. The lowest BCUT2D eigenvalue weighted by Crippen LogP contribution is -2.12. The number of carbonyl (C=O) groups is 1. The lowest BCUT2D eigenvalue weighted by atomic mass is 9.95. The van der Waals surface area contributed by atoms with Crippen molar-refractivity contribution < 1.29 is 9.53 Å². The van der Waals surface area contributed by atoms with Gasteiger partial charge in [-0.2, -0.15) is 0 Å². The summed E-state index contributed by atoms with van der Waals surface area (Å²) in [4.78, 5) is 10.9. The van der Waals surface area contributed by atoms with E-state index in [0.717, 1.165) is 0 Å². The summed E-state index contributed by atoms with van der Waals surface area (Å²) < 4.78 is 5.18. The highest BCUT2D eigenvalue weighted by molar-refractivity contribution is 5.65. The first-order valence-corrected chi connectivity index (χ1v) is 7.84. The van der Waals surface area contributed by atoms with Gasteiger partial charge >= 0.3 is 5.97 Å². The number of unbranched alkanes of at least 4 members (excludes halogenated alkanes) is 6. The topological polar surface area (TPSA) is 26.3 Å². The second-order valence-electron chi connectivity index (χ2n) is 5.37. The molecule has 108 valence electrons. The average Bonchev–Trinajstić information content (AvgIpc) is 2.35. The fourth-order valence-electron chi connectivity index (χ4n) is 2.27. The molecule has 0 saturated heterocycles. The van der Waals surface area contributed by atoms with Gasteiger partial charge in [0.25, 0.3) is 0 Å². The molecule has 0 radical (unpaired) electrons. The lowest BCUT2D eigenvalue weighted by molar-refractivity contribution is -0.142. The van der Waals surface area contributed by atoms with Crippen molar-refractivity contribution in [1.29, 1.82) is 0 Å². The molecule has 2 nitrogen and oxygen atoms in total. The van der Waals surface area contributed by atoms with Crippen LogP contribution in [0, 0.1) is 5.92 Å². The number of hydrogen-bond acceptors (Lipinski definition) is 2. The highest BCUT2D eigenvalue weighted by Crippen LogP contribution is 2.18. The van der Waals surface area contributed by atoms with Gasteiger partial charge in [0, 0.05) is 6.92 Å². The second kappa shape index (κ2) is 12.9. The van der Waals surface area contributed by atoms with Gasteiger partial charge in [-0.15, -0.1) is 0 Å². The van der Waals surface area contributed by atoms with Crippen LogP contribution in [0.3, 0.4) is 0 Å². The average molecular weight is 256 g/mol. The molecule has 0 fully saturated rings. The van der Waals surface area contributed by atoms with Crippen LogP contribution in [-0.2, 0) is 9.53 Å². The normalized spacial score (nSPS) is 10.9. The summed E-state index contributed by atoms with van der Waals surface area (Å²) in [6, 6.07) is 0. The SMILES string of the molecule is CCCCCCC(CCCCCC)COC(C)=O. The van der Waals surface area contributed by atoms with E-state index >= 15 is 0 Å². The second-order valence-corrected chi connectivity index (χ2v) is 5.37. The number of ether oxygens (including phenoxy) is 1. The quantitative estimate of drug-likeness (QED) is 0.358. The van der Waals surface area contributed by atoms with Crippen molar-refractivity contribution >= 4 is 5.97 Å². The van der Waals surface area contributed by atoms with Gasteiger partial charge < -0.3 is 4.74 Å². The van der Waals surface area contributed by atoms with E-state index in [1.807, 2.05) is 0 Å². The molecule has 0 aromatic heterocycles. The van der Waals surface area contributed by atoms with E-state index in [0.29, 0.717) is 12.5 Å². The van der Waals surface area contributed by atoms with Gasteiger partial charge in [0.05, 0.1) is 6.61 Å². The standard InChI is InChI=1S/C16H32O2/c1-4-6-8-10-12-16(14-18-15(3)17)13-11-9-7-5-2/h16H,4-14H2,1-3H3. The minimum atomic E-state index is -0.137. The molecule has 0 aliphatic rings. The zero-order valence-corrected chi connectivity index (χ0v) is 12.7. The molecule has 0 aliphatic heterocycles. The number of esters is 1. The number of hydrogen-bond donors (Lipinski definition) is 0. The molecule has 0 aliphatic carbocycles. The maximum Gasteiger partial charge on any atom is 0.302 e. The fourth-order valence-corrected chi connectivity index (χ4v) is 2.27. The Morgan fingerprint density at radius 3 is 1.78 bits per heavy atom. The van der Waals surface area contributed by atoms with Crippen molar-refractivity contribution in [3.8, 4) is 0 Å². The summed E-state index contributed by atoms with van der Waals surface area (Å²) >= 11 is 0. The molecule has 0 saturated carbocycles. The Bertz CT molecular complexity index is 178. The van der Waals surface area contributed by atoms with Crippen LogP contribution >= 0.6 is 0 Å². The predicted molar refractivity (Wildman–Crippen MR) is 77.6 cm³/mol.